The van der Waals surface area contributed by atoms with Crippen LogP contribution in [0.5, 0.6) is 5.75 Å². The number of phenols is 1. The smallest absolute Gasteiger partial charge is 0.251 e. The first-order chi connectivity index (χ1) is 9.06. The molecule has 1 heterocycles. The zero-order chi connectivity index (χ0) is 13.8. The normalized spacial score (nSPS) is 10.4. The van der Waals surface area contributed by atoms with Crippen molar-refractivity contribution in [3.63, 3.8) is 0 Å². The van der Waals surface area contributed by atoms with Gasteiger partial charge in [0.2, 0.25) is 0 Å². The monoisotopic (exact) mass is 259 g/mol. The van der Waals surface area contributed by atoms with E-state index in [2.05, 4.69) is 10.4 Å². The summed E-state index contributed by atoms with van der Waals surface area (Å²) in [5, 5.41) is 16.2. The molecule has 0 aliphatic heterocycles. The van der Waals surface area contributed by atoms with Gasteiger partial charge in [-0.25, -0.2) is 0 Å². The maximum atomic E-state index is 12.0. The number of hydrogen-bond donors (Lipinski definition) is 2. The highest BCUT2D eigenvalue weighted by molar-refractivity contribution is 5.95. The van der Waals surface area contributed by atoms with Gasteiger partial charge >= 0.3 is 0 Å². The van der Waals surface area contributed by atoms with Crippen molar-refractivity contribution < 1.29 is 9.90 Å². The minimum Gasteiger partial charge on any atom is -0.508 e. The van der Waals surface area contributed by atoms with Gasteiger partial charge in [0.25, 0.3) is 5.91 Å². The summed E-state index contributed by atoms with van der Waals surface area (Å²) in [5.41, 5.74) is 2.44. The molecular weight excluding hydrogens is 242 g/mol. The zero-order valence-electron chi connectivity index (χ0n) is 11.1. The van der Waals surface area contributed by atoms with Crippen LogP contribution in [-0.4, -0.2) is 27.3 Å². The largest absolute Gasteiger partial charge is 0.508 e. The Morgan fingerprint density at radius 3 is 2.89 bits per heavy atom. The summed E-state index contributed by atoms with van der Waals surface area (Å²) in [5.74, 6) is 0.0470. The molecule has 0 unspecified atom stereocenters. The molecule has 5 nitrogen and oxygen atoms in total. The van der Waals surface area contributed by atoms with Gasteiger partial charge in [-0.15, -0.1) is 0 Å². The van der Waals surface area contributed by atoms with Gasteiger partial charge in [0, 0.05) is 25.4 Å². The van der Waals surface area contributed by atoms with Gasteiger partial charge in [-0.3, -0.25) is 9.48 Å². The molecule has 0 aliphatic rings. The first kappa shape index (κ1) is 13.1. The molecule has 0 saturated carbocycles. The van der Waals surface area contributed by atoms with Crippen molar-refractivity contribution in [1.29, 1.82) is 0 Å². The van der Waals surface area contributed by atoms with E-state index < -0.39 is 0 Å². The molecule has 2 aromatic rings. The second-order valence-electron chi connectivity index (χ2n) is 4.53. The molecule has 0 fully saturated rings. The molecule has 0 bridgehead atoms. The molecule has 1 aromatic carbocycles. The molecule has 1 aromatic heterocycles. The number of carbonyl (C=O) groups is 1. The number of hydrogen-bond acceptors (Lipinski definition) is 3. The molecule has 1 amide bonds. The number of benzene rings is 1. The van der Waals surface area contributed by atoms with Crippen LogP contribution in [0.3, 0.4) is 0 Å². The fourth-order valence-corrected chi connectivity index (χ4v) is 1.92. The fraction of sp³-hybridized carbons (Fsp3) is 0.286. The van der Waals surface area contributed by atoms with Gasteiger partial charge in [0.1, 0.15) is 5.75 Å². The second kappa shape index (κ2) is 5.56. The Balaban J connectivity index is 1.90. The lowest BCUT2D eigenvalue weighted by Crippen LogP contribution is -2.26. The first-order valence-corrected chi connectivity index (χ1v) is 6.11. The van der Waals surface area contributed by atoms with Crippen LogP contribution in [0.25, 0.3) is 0 Å². The topological polar surface area (TPSA) is 67.2 Å². The highest BCUT2D eigenvalue weighted by Gasteiger charge is 2.08. The average Bonchev–Trinajstić information content (AvgIpc) is 2.75. The third kappa shape index (κ3) is 3.34. The molecule has 0 radical (unpaired) electrons. The number of nitrogens with one attached hydrogen (secondary N) is 1. The van der Waals surface area contributed by atoms with Gasteiger partial charge in [-0.05, 0) is 42.7 Å². The van der Waals surface area contributed by atoms with E-state index in [1.165, 1.54) is 6.07 Å². The van der Waals surface area contributed by atoms with Crippen LogP contribution < -0.4 is 5.32 Å². The summed E-state index contributed by atoms with van der Waals surface area (Å²) < 4.78 is 1.74. The molecule has 0 atom stereocenters. The Bertz CT molecular complexity index is 590. The Hall–Kier alpha value is -2.30. The molecule has 0 aliphatic carbocycles. The summed E-state index contributed by atoms with van der Waals surface area (Å²) in [4.78, 5) is 12.0. The summed E-state index contributed by atoms with van der Waals surface area (Å²) in [6.45, 7) is 2.36. The van der Waals surface area contributed by atoms with Gasteiger partial charge in [0.05, 0.1) is 6.20 Å². The highest BCUT2D eigenvalue weighted by atomic mass is 16.3. The van der Waals surface area contributed by atoms with Gasteiger partial charge < -0.3 is 10.4 Å². The Labute approximate surface area is 111 Å². The molecular formula is C14H17N3O2. The van der Waals surface area contributed by atoms with E-state index in [1.807, 2.05) is 13.2 Å². The number of aryl methyl sites for hydroxylation is 2. The van der Waals surface area contributed by atoms with Crippen molar-refractivity contribution in [1.82, 2.24) is 15.1 Å². The van der Waals surface area contributed by atoms with Crippen LogP contribution in [0.2, 0.25) is 0 Å². The van der Waals surface area contributed by atoms with Crippen LogP contribution in [0.1, 0.15) is 21.5 Å². The lowest BCUT2D eigenvalue weighted by Gasteiger charge is -2.07. The number of amides is 1. The number of rotatable bonds is 4. The van der Waals surface area contributed by atoms with Gasteiger partial charge in [0.15, 0.2) is 0 Å². The number of aromatic nitrogens is 2. The third-order valence-corrected chi connectivity index (χ3v) is 2.91. The Kier molecular flexibility index (Phi) is 3.85. The van der Waals surface area contributed by atoms with Crippen LogP contribution in [-0.2, 0) is 13.5 Å². The summed E-state index contributed by atoms with van der Waals surface area (Å²) >= 11 is 0. The van der Waals surface area contributed by atoms with Crippen molar-refractivity contribution in [2.24, 2.45) is 7.05 Å². The Morgan fingerprint density at radius 2 is 2.26 bits per heavy atom. The van der Waals surface area contributed by atoms with E-state index in [0.29, 0.717) is 12.1 Å². The summed E-state index contributed by atoms with van der Waals surface area (Å²) in [6, 6.07) is 4.73. The van der Waals surface area contributed by atoms with Gasteiger partial charge in [-0.1, -0.05) is 0 Å². The molecule has 5 heteroatoms. The van der Waals surface area contributed by atoms with Crippen molar-refractivity contribution in [2.45, 2.75) is 13.3 Å². The fourth-order valence-electron chi connectivity index (χ4n) is 1.92. The van der Waals surface area contributed by atoms with Gasteiger partial charge in [-0.2, -0.15) is 5.10 Å². The van der Waals surface area contributed by atoms with Crippen LogP contribution in [0, 0.1) is 6.92 Å². The second-order valence-corrected chi connectivity index (χ2v) is 4.53. The van der Waals surface area contributed by atoms with E-state index in [4.69, 9.17) is 0 Å². The first-order valence-electron chi connectivity index (χ1n) is 6.11. The molecule has 2 rings (SSSR count). The van der Waals surface area contributed by atoms with E-state index in [0.717, 1.165) is 17.5 Å². The third-order valence-electron chi connectivity index (χ3n) is 2.91. The maximum Gasteiger partial charge on any atom is 0.251 e. The Morgan fingerprint density at radius 1 is 1.47 bits per heavy atom. The van der Waals surface area contributed by atoms with Crippen LogP contribution in [0.4, 0.5) is 0 Å². The predicted molar refractivity (Wildman–Crippen MR) is 72.1 cm³/mol. The summed E-state index contributed by atoms with van der Waals surface area (Å²) in [6.07, 6.45) is 4.46. The number of aromatic hydroxyl groups is 1. The van der Waals surface area contributed by atoms with E-state index in [-0.39, 0.29) is 11.7 Å². The van der Waals surface area contributed by atoms with Crippen LogP contribution in [0.15, 0.2) is 30.6 Å². The van der Waals surface area contributed by atoms with Crippen molar-refractivity contribution >= 4 is 5.91 Å². The average molecular weight is 259 g/mol. The summed E-state index contributed by atoms with van der Waals surface area (Å²) in [7, 11) is 1.86. The number of carbonyl (C=O) groups excluding carboxylic acids is 1. The molecule has 0 saturated heterocycles. The molecule has 100 valence electrons. The lowest BCUT2D eigenvalue weighted by molar-refractivity contribution is 0.0953. The molecule has 2 N–H and O–H groups in total. The van der Waals surface area contributed by atoms with E-state index in [1.54, 1.807) is 29.9 Å². The minimum atomic E-state index is -0.124. The number of phenolic OH excluding ortho intramolecular Hbond substituents is 1. The minimum absolute atomic E-state index is 0.124. The molecule has 0 spiro atoms. The van der Waals surface area contributed by atoms with Crippen LogP contribution >= 0.6 is 0 Å². The van der Waals surface area contributed by atoms with Crippen molar-refractivity contribution in [3.05, 3.63) is 47.3 Å². The van der Waals surface area contributed by atoms with Crippen molar-refractivity contribution in [2.75, 3.05) is 6.54 Å². The lowest BCUT2D eigenvalue weighted by atomic mass is 10.1. The maximum absolute atomic E-state index is 12.0. The SMILES string of the molecule is Cc1cc(O)ccc1C(=O)NCCc1cnn(C)c1. The highest BCUT2D eigenvalue weighted by Crippen LogP contribution is 2.15. The molecule has 19 heavy (non-hydrogen) atoms. The zero-order valence-corrected chi connectivity index (χ0v) is 11.1. The van der Waals surface area contributed by atoms with Crippen molar-refractivity contribution in [3.8, 4) is 5.75 Å². The number of nitrogens with zero attached hydrogens (tertiary/aromatic N) is 2. The standard InChI is InChI=1S/C14H17N3O2/c1-10-7-12(18)3-4-13(10)14(19)15-6-5-11-8-16-17(2)9-11/h3-4,7-9,18H,5-6H2,1-2H3,(H,15,19). The predicted octanol–water partition coefficient (Wildman–Crippen LogP) is 1.41. The quantitative estimate of drug-likeness (QED) is 0.872. The van der Waals surface area contributed by atoms with E-state index in [9.17, 15) is 9.90 Å². The van der Waals surface area contributed by atoms with E-state index >= 15 is 0 Å².